The standard InChI is InChI=1S/C80H78N2/c1-10-16-58(4)17-14-13-15-18-64-37-45-75(46-38-64)81(76-47-39-68(40-48-76)34-31-65-25-19-59(5)20-26-65)79-62(8)53-71(56-73(79)11-2)55-72-54-63(9)80(74(12-3)57-72)82(77-49-41-69(42-50-77)35-32-66-27-21-60(6)22-28-66)78-51-43-70(44-52-78)36-33-67-29-23-61(7)24-30-67/h10,14-54,56-57H,1,11-13,55H2,2-9H3/b17-14-,18-15+,34-31+,35-32+,36-33+,58-16-. The molecule has 2 nitrogen and oxygen atoms in total. The van der Waals surface area contributed by atoms with Crippen molar-refractivity contribution in [1.82, 2.24) is 0 Å². The van der Waals surface area contributed by atoms with E-state index >= 15 is 0 Å². The predicted molar refractivity (Wildman–Crippen MR) is 360 cm³/mol. The number of hydrogen-bond acceptors (Lipinski definition) is 2. The van der Waals surface area contributed by atoms with Crippen molar-refractivity contribution in [3.05, 3.63) is 326 Å². The van der Waals surface area contributed by atoms with Crippen LogP contribution in [0.2, 0.25) is 0 Å². The Balaban J connectivity index is 1.03. The molecular weight excluding hydrogens is 989 g/mol. The molecule has 0 aliphatic heterocycles. The van der Waals surface area contributed by atoms with E-state index in [4.69, 9.17) is 0 Å². The van der Waals surface area contributed by atoms with Crippen LogP contribution < -0.4 is 9.80 Å². The molecule has 0 saturated heterocycles. The molecule has 0 atom stereocenters. The SMILES string of the molecule is C=C/C=C(C)\C=C/C/C=C/c1ccc(N(c2ccc(/C=C/c3ccc(C)cc3)cc2)c2c(C)cc(Cc3cc(C)c(N(c4ccc(/C=C/c5ccc(C)cc5)cc4)c4ccc(/C=C/c5ccc(C)cc5)cc4)c(CC)c3)cc2CC)cc1. The van der Waals surface area contributed by atoms with E-state index in [1.54, 1.807) is 0 Å². The summed E-state index contributed by atoms with van der Waals surface area (Å²) in [6.45, 7) is 21.5. The van der Waals surface area contributed by atoms with E-state index in [9.17, 15) is 0 Å². The number of rotatable bonds is 21. The minimum atomic E-state index is 0.828. The largest absolute Gasteiger partial charge is 0.310 e. The van der Waals surface area contributed by atoms with Crippen molar-refractivity contribution in [2.45, 2.75) is 81.1 Å². The zero-order valence-corrected chi connectivity index (χ0v) is 49.3. The van der Waals surface area contributed by atoms with Gasteiger partial charge in [0.2, 0.25) is 0 Å². The fourth-order valence-electron chi connectivity index (χ4n) is 10.6. The first-order valence-corrected chi connectivity index (χ1v) is 29.1. The number of nitrogens with zero attached hydrogens (tertiary/aromatic N) is 2. The summed E-state index contributed by atoms with van der Waals surface area (Å²) in [5.74, 6) is 0. The summed E-state index contributed by atoms with van der Waals surface area (Å²) in [5.41, 5.74) is 27.9. The van der Waals surface area contributed by atoms with Crippen molar-refractivity contribution >= 4 is 76.7 Å². The molecule has 9 aromatic carbocycles. The summed E-state index contributed by atoms with van der Waals surface area (Å²) in [6, 6.07) is 71.8. The molecule has 0 spiro atoms. The van der Waals surface area contributed by atoms with Crippen LogP contribution in [0.4, 0.5) is 34.1 Å². The third kappa shape index (κ3) is 15.2. The van der Waals surface area contributed by atoms with Crippen LogP contribution in [-0.4, -0.2) is 0 Å². The lowest BCUT2D eigenvalue weighted by Gasteiger charge is -2.30. The Labute approximate surface area is 490 Å². The quantitative estimate of drug-likeness (QED) is 0.0523. The average Bonchev–Trinajstić information content (AvgIpc) is 3.67. The van der Waals surface area contributed by atoms with Gasteiger partial charge in [0.15, 0.2) is 0 Å². The molecule has 9 rings (SSSR count). The summed E-state index contributed by atoms with van der Waals surface area (Å²) in [4.78, 5) is 4.92. The Morgan fingerprint density at radius 3 is 0.963 bits per heavy atom. The van der Waals surface area contributed by atoms with Gasteiger partial charge in [-0.2, -0.15) is 0 Å². The Morgan fingerprint density at radius 2 is 0.671 bits per heavy atom. The van der Waals surface area contributed by atoms with Gasteiger partial charge in [-0.25, -0.2) is 0 Å². The zero-order chi connectivity index (χ0) is 57.4. The molecule has 0 heterocycles. The minimum Gasteiger partial charge on any atom is -0.310 e. The molecule has 0 bridgehead atoms. The highest BCUT2D eigenvalue weighted by atomic mass is 15.2. The molecular formula is C80H78N2. The topological polar surface area (TPSA) is 6.48 Å². The summed E-state index contributed by atoms with van der Waals surface area (Å²) >= 11 is 0. The number of anilines is 6. The van der Waals surface area contributed by atoms with Crippen molar-refractivity contribution in [3.63, 3.8) is 0 Å². The van der Waals surface area contributed by atoms with Gasteiger partial charge in [0.25, 0.3) is 0 Å². The first kappa shape index (κ1) is 57.4. The van der Waals surface area contributed by atoms with Crippen molar-refractivity contribution in [2.75, 3.05) is 9.80 Å². The van der Waals surface area contributed by atoms with Gasteiger partial charge in [0.05, 0.1) is 11.4 Å². The van der Waals surface area contributed by atoms with Gasteiger partial charge in [-0.3, -0.25) is 0 Å². The molecule has 0 amide bonds. The van der Waals surface area contributed by atoms with Crippen LogP contribution in [0.3, 0.4) is 0 Å². The second kappa shape index (κ2) is 27.8. The lowest BCUT2D eigenvalue weighted by molar-refractivity contribution is 1.05. The highest BCUT2D eigenvalue weighted by Crippen LogP contribution is 2.43. The first-order valence-electron chi connectivity index (χ1n) is 29.1. The fourth-order valence-corrected chi connectivity index (χ4v) is 10.6. The lowest BCUT2D eigenvalue weighted by atomic mass is 9.93. The summed E-state index contributed by atoms with van der Waals surface area (Å²) in [5, 5.41) is 0. The Bertz CT molecular complexity index is 3670. The Morgan fingerprint density at radius 1 is 0.378 bits per heavy atom. The average molecular weight is 1070 g/mol. The van der Waals surface area contributed by atoms with Crippen molar-refractivity contribution in [1.29, 1.82) is 0 Å². The second-order valence-corrected chi connectivity index (χ2v) is 21.7. The summed E-state index contributed by atoms with van der Waals surface area (Å²) in [7, 11) is 0. The third-order valence-corrected chi connectivity index (χ3v) is 15.1. The van der Waals surface area contributed by atoms with E-state index in [1.165, 1.54) is 89.3 Å². The van der Waals surface area contributed by atoms with Crippen molar-refractivity contribution in [3.8, 4) is 0 Å². The number of hydrogen-bond donors (Lipinski definition) is 0. The van der Waals surface area contributed by atoms with Gasteiger partial charge in [-0.1, -0.05) is 261 Å². The molecule has 408 valence electrons. The molecule has 0 N–H and O–H groups in total. The number of benzene rings is 9. The molecule has 0 unspecified atom stereocenters. The zero-order valence-electron chi connectivity index (χ0n) is 49.3. The molecule has 9 aromatic rings. The molecule has 0 radical (unpaired) electrons. The van der Waals surface area contributed by atoms with Crippen LogP contribution in [0, 0.1) is 34.6 Å². The van der Waals surface area contributed by atoms with E-state index in [2.05, 4.69) is 327 Å². The van der Waals surface area contributed by atoms with E-state index in [-0.39, 0.29) is 0 Å². The second-order valence-electron chi connectivity index (χ2n) is 21.7. The Kier molecular flexibility index (Phi) is 19.5. The molecule has 2 heteroatoms. The first-order chi connectivity index (χ1) is 39.9. The maximum absolute atomic E-state index is 3.82. The highest BCUT2D eigenvalue weighted by molar-refractivity contribution is 5.85. The maximum atomic E-state index is 3.82. The van der Waals surface area contributed by atoms with E-state index in [0.29, 0.717) is 0 Å². The van der Waals surface area contributed by atoms with Gasteiger partial charge in [0, 0.05) is 22.7 Å². The fraction of sp³-hybridized carbons (Fsp3) is 0.150. The number of allylic oxidation sites excluding steroid dienone is 6. The maximum Gasteiger partial charge on any atom is 0.0522 e. The third-order valence-electron chi connectivity index (χ3n) is 15.1. The predicted octanol–water partition coefficient (Wildman–Crippen LogP) is 22.5. The lowest BCUT2D eigenvalue weighted by Crippen LogP contribution is -2.15. The van der Waals surface area contributed by atoms with Crippen LogP contribution in [0.1, 0.15) is 116 Å². The Hall–Kier alpha value is -9.24. The monoisotopic (exact) mass is 1070 g/mol. The molecule has 0 aliphatic rings. The van der Waals surface area contributed by atoms with Crippen LogP contribution in [0.25, 0.3) is 42.5 Å². The van der Waals surface area contributed by atoms with Crippen LogP contribution >= 0.6 is 0 Å². The van der Waals surface area contributed by atoms with Crippen molar-refractivity contribution in [2.24, 2.45) is 0 Å². The molecule has 82 heavy (non-hydrogen) atoms. The van der Waals surface area contributed by atoms with E-state index in [1.807, 2.05) is 12.2 Å². The van der Waals surface area contributed by atoms with Crippen LogP contribution in [0.5, 0.6) is 0 Å². The molecule has 0 fully saturated rings. The van der Waals surface area contributed by atoms with Gasteiger partial charge >= 0.3 is 0 Å². The van der Waals surface area contributed by atoms with Crippen LogP contribution in [-0.2, 0) is 19.3 Å². The molecule has 0 aliphatic carbocycles. The minimum absolute atomic E-state index is 0.828. The number of aryl methyl sites for hydroxylation is 7. The van der Waals surface area contributed by atoms with E-state index in [0.717, 1.165) is 65.1 Å². The van der Waals surface area contributed by atoms with Gasteiger partial charge < -0.3 is 9.80 Å². The summed E-state index contributed by atoms with van der Waals surface area (Å²) in [6.07, 6.45) is 29.3. The van der Waals surface area contributed by atoms with Gasteiger partial charge in [0.1, 0.15) is 0 Å². The van der Waals surface area contributed by atoms with E-state index < -0.39 is 0 Å². The summed E-state index contributed by atoms with van der Waals surface area (Å²) < 4.78 is 0. The normalized spacial score (nSPS) is 12.0. The molecule has 0 aromatic heterocycles. The molecule has 0 saturated carbocycles. The highest BCUT2D eigenvalue weighted by Gasteiger charge is 2.22. The van der Waals surface area contributed by atoms with Gasteiger partial charge in [-0.05, 0) is 188 Å². The smallest absolute Gasteiger partial charge is 0.0522 e. The van der Waals surface area contributed by atoms with Crippen LogP contribution in [0.15, 0.2) is 237 Å². The van der Waals surface area contributed by atoms with Crippen molar-refractivity contribution < 1.29 is 0 Å². The van der Waals surface area contributed by atoms with Gasteiger partial charge in [-0.15, -0.1) is 0 Å².